The molecule has 1 aromatic heterocycles. The van der Waals surface area contributed by atoms with Crippen molar-refractivity contribution in [3.05, 3.63) is 41.6 Å². The maximum atomic E-state index is 13.1. The Morgan fingerprint density at radius 3 is 2.65 bits per heavy atom. The van der Waals surface area contributed by atoms with Crippen LogP contribution in [0.4, 0.5) is 16.3 Å². The molecule has 1 atom stereocenters. The number of carbonyl (C=O) groups is 5. The number of nitrogens with one attached hydrogen (secondary N) is 4. The van der Waals surface area contributed by atoms with Crippen LogP contribution in [0.3, 0.4) is 0 Å². The highest BCUT2D eigenvalue weighted by Gasteiger charge is 2.45. The number of nitrogens with zero attached hydrogens (tertiary/aromatic N) is 3. The lowest BCUT2D eigenvalue weighted by atomic mass is 10.0. The van der Waals surface area contributed by atoms with Gasteiger partial charge in [0, 0.05) is 38.3 Å². The van der Waals surface area contributed by atoms with Crippen molar-refractivity contribution in [1.29, 1.82) is 0 Å². The van der Waals surface area contributed by atoms with E-state index in [1.54, 1.807) is 42.2 Å². The standard InChI is InChI=1S/C22H25N7O5/c1-28-16(9-12-25-28)26-22(34)24-11-3-2-10-23-14-6-4-5-13-18(14)21(33)29(20(13)32)15-7-8-17(30)27-19(15)31/h4-6,9,12,15,23H,2-3,7-8,10-11H2,1H3,(H2,24,26,34)(H,27,30,31). The molecule has 0 saturated carbocycles. The van der Waals surface area contributed by atoms with Crippen molar-refractivity contribution in [2.24, 2.45) is 7.05 Å². The van der Waals surface area contributed by atoms with Crippen LogP contribution in [0.5, 0.6) is 0 Å². The highest BCUT2D eigenvalue weighted by Crippen LogP contribution is 2.32. The van der Waals surface area contributed by atoms with Gasteiger partial charge in [0.1, 0.15) is 11.9 Å². The number of hydrogen-bond acceptors (Lipinski definition) is 7. The maximum absolute atomic E-state index is 13.1. The summed E-state index contributed by atoms with van der Waals surface area (Å²) in [6.07, 6.45) is 3.16. The van der Waals surface area contributed by atoms with Crippen molar-refractivity contribution in [2.45, 2.75) is 31.7 Å². The molecule has 0 bridgehead atoms. The zero-order valence-corrected chi connectivity index (χ0v) is 18.6. The van der Waals surface area contributed by atoms with E-state index >= 15 is 0 Å². The Morgan fingerprint density at radius 2 is 1.91 bits per heavy atom. The Hall–Kier alpha value is -4.22. The van der Waals surface area contributed by atoms with E-state index < -0.39 is 29.7 Å². The van der Waals surface area contributed by atoms with Crippen LogP contribution in [-0.2, 0) is 16.6 Å². The fourth-order valence-electron chi connectivity index (χ4n) is 3.99. The predicted octanol–water partition coefficient (Wildman–Crippen LogP) is 0.835. The second kappa shape index (κ2) is 9.73. The third kappa shape index (κ3) is 4.60. The van der Waals surface area contributed by atoms with E-state index in [0.717, 1.165) is 4.90 Å². The number of urea groups is 1. The monoisotopic (exact) mass is 467 g/mol. The molecule has 12 heteroatoms. The van der Waals surface area contributed by atoms with Crippen LogP contribution < -0.4 is 21.3 Å². The summed E-state index contributed by atoms with van der Waals surface area (Å²) in [5.74, 6) is -1.56. The highest BCUT2D eigenvalue weighted by molar-refractivity contribution is 6.25. The second-order valence-electron chi connectivity index (χ2n) is 8.03. The molecule has 2 aromatic rings. The van der Waals surface area contributed by atoms with E-state index in [4.69, 9.17) is 0 Å². The molecule has 6 amide bonds. The second-order valence-corrected chi connectivity index (χ2v) is 8.03. The number of unbranched alkanes of at least 4 members (excludes halogenated alkanes) is 1. The Kier molecular flexibility index (Phi) is 6.57. The van der Waals surface area contributed by atoms with E-state index in [1.165, 1.54) is 0 Å². The Balaban J connectivity index is 1.28. The maximum Gasteiger partial charge on any atom is 0.320 e. The van der Waals surface area contributed by atoms with Crippen molar-refractivity contribution in [2.75, 3.05) is 23.7 Å². The van der Waals surface area contributed by atoms with Gasteiger partial charge in [-0.25, -0.2) is 4.79 Å². The minimum absolute atomic E-state index is 0.0725. The van der Waals surface area contributed by atoms with Crippen LogP contribution >= 0.6 is 0 Å². The zero-order valence-electron chi connectivity index (χ0n) is 18.6. The number of imide groups is 2. The third-order valence-electron chi connectivity index (χ3n) is 5.74. The predicted molar refractivity (Wildman–Crippen MR) is 121 cm³/mol. The molecule has 1 saturated heterocycles. The zero-order chi connectivity index (χ0) is 24.2. The van der Waals surface area contributed by atoms with Crippen LogP contribution in [0.2, 0.25) is 0 Å². The molecule has 12 nitrogen and oxygen atoms in total. The summed E-state index contributed by atoms with van der Waals surface area (Å²) in [5.41, 5.74) is 0.964. The quantitative estimate of drug-likeness (QED) is 0.331. The van der Waals surface area contributed by atoms with Gasteiger partial charge in [-0.1, -0.05) is 6.07 Å². The summed E-state index contributed by atoms with van der Waals surface area (Å²) in [5, 5.41) is 14.8. The normalized spacial score (nSPS) is 17.4. The topological polar surface area (TPSA) is 155 Å². The molecular weight excluding hydrogens is 442 g/mol. The first-order valence-electron chi connectivity index (χ1n) is 11.0. The lowest BCUT2D eigenvalue weighted by Gasteiger charge is -2.27. The lowest BCUT2D eigenvalue weighted by molar-refractivity contribution is -0.136. The first-order valence-corrected chi connectivity index (χ1v) is 11.0. The van der Waals surface area contributed by atoms with E-state index in [9.17, 15) is 24.0 Å². The third-order valence-corrected chi connectivity index (χ3v) is 5.74. The van der Waals surface area contributed by atoms with Crippen LogP contribution in [0.1, 0.15) is 46.4 Å². The van der Waals surface area contributed by atoms with Gasteiger partial charge in [-0.3, -0.25) is 39.4 Å². The fraction of sp³-hybridized carbons (Fsp3) is 0.364. The number of hydrogen-bond donors (Lipinski definition) is 4. The molecule has 0 spiro atoms. The number of carbonyl (C=O) groups excluding carboxylic acids is 5. The van der Waals surface area contributed by atoms with Crippen LogP contribution in [-0.4, -0.2) is 63.5 Å². The van der Waals surface area contributed by atoms with Gasteiger partial charge >= 0.3 is 6.03 Å². The summed E-state index contributed by atoms with van der Waals surface area (Å²) in [4.78, 5) is 62.4. The van der Waals surface area contributed by atoms with Crippen molar-refractivity contribution in [3.63, 3.8) is 0 Å². The minimum Gasteiger partial charge on any atom is -0.384 e. The molecule has 0 aliphatic carbocycles. The van der Waals surface area contributed by atoms with E-state index in [1.807, 2.05) is 0 Å². The summed E-state index contributed by atoms with van der Waals surface area (Å²) < 4.78 is 1.55. The minimum atomic E-state index is -0.999. The number of piperidine rings is 1. The first kappa shape index (κ1) is 23.0. The molecule has 34 heavy (non-hydrogen) atoms. The van der Waals surface area contributed by atoms with Gasteiger partial charge in [0.05, 0.1) is 17.3 Å². The highest BCUT2D eigenvalue weighted by atomic mass is 16.2. The number of aryl methyl sites for hydroxylation is 1. The van der Waals surface area contributed by atoms with Crippen LogP contribution in [0.25, 0.3) is 0 Å². The Labute approximate surface area is 195 Å². The summed E-state index contributed by atoms with van der Waals surface area (Å²) in [6, 6.07) is 5.30. The fourth-order valence-corrected chi connectivity index (χ4v) is 3.99. The van der Waals surface area contributed by atoms with Gasteiger partial charge in [-0.05, 0) is 31.4 Å². The average Bonchev–Trinajstić information content (AvgIpc) is 3.31. The first-order chi connectivity index (χ1) is 16.4. The molecule has 4 rings (SSSR count). The number of benzene rings is 1. The van der Waals surface area contributed by atoms with Crippen molar-refractivity contribution < 1.29 is 24.0 Å². The molecule has 1 unspecified atom stereocenters. The summed E-state index contributed by atoms with van der Waals surface area (Å²) >= 11 is 0. The van der Waals surface area contributed by atoms with Gasteiger partial charge in [-0.2, -0.15) is 5.10 Å². The molecular formula is C22H25N7O5. The Morgan fingerprint density at radius 1 is 1.12 bits per heavy atom. The average molecular weight is 467 g/mol. The van der Waals surface area contributed by atoms with Crippen LogP contribution in [0.15, 0.2) is 30.5 Å². The van der Waals surface area contributed by atoms with Gasteiger partial charge < -0.3 is 10.6 Å². The van der Waals surface area contributed by atoms with E-state index in [-0.39, 0.29) is 30.0 Å². The number of amides is 6. The largest absolute Gasteiger partial charge is 0.384 e. The van der Waals surface area contributed by atoms with Gasteiger partial charge in [0.2, 0.25) is 11.8 Å². The van der Waals surface area contributed by atoms with E-state index in [2.05, 4.69) is 26.4 Å². The molecule has 2 aliphatic heterocycles. The molecule has 1 fully saturated rings. The molecule has 4 N–H and O–H groups in total. The molecule has 2 aliphatic rings. The van der Waals surface area contributed by atoms with Gasteiger partial charge in [-0.15, -0.1) is 0 Å². The SMILES string of the molecule is Cn1nccc1NC(=O)NCCCCNc1cccc2c1C(=O)N(C1CCC(=O)NC1=O)C2=O. The lowest BCUT2D eigenvalue weighted by Crippen LogP contribution is -2.54. The van der Waals surface area contributed by atoms with Gasteiger partial charge in [0.25, 0.3) is 11.8 Å². The molecule has 0 radical (unpaired) electrons. The smallest absolute Gasteiger partial charge is 0.320 e. The Bertz CT molecular complexity index is 1160. The number of fused-ring (bicyclic) bond motifs is 1. The van der Waals surface area contributed by atoms with Crippen molar-refractivity contribution in [1.82, 2.24) is 25.3 Å². The van der Waals surface area contributed by atoms with E-state index in [0.29, 0.717) is 37.4 Å². The number of aromatic nitrogens is 2. The van der Waals surface area contributed by atoms with Gasteiger partial charge in [0.15, 0.2) is 0 Å². The van der Waals surface area contributed by atoms with Crippen molar-refractivity contribution >= 4 is 41.2 Å². The molecule has 3 heterocycles. The molecule has 1 aromatic carbocycles. The summed E-state index contributed by atoms with van der Waals surface area (Å²) in [6.45, 7) is 0.973. The number of anilines is 2. The molecule has 178 valence electrons. The summed E-state index contributed by atoms with van der Waals surface area (Å²) in [7, 11) is 1.73. The van der Waals surface area contributed by atoms with Crippen LogP contribution in [0, 0.1) is 0 Å². The number of rotatable bonds is 8. The van der Waals surface area contributed by atoms with Crippen molar-refractivity contribution in [3.8, 4) is 0 Å².